The molecule has 2 aromatic carbocycles. The summed E-state index contributed by atoms with van der Waals surface area (Å²) in [6, 6.07) is 17.0. The van der Waals surface area contributed by atoms with Crippen molar-refractivity contribution in [1.82, 2.24) is 14.9 Å². The van der Waals surface area contributed by atoms with E-state index in [1.165, 1.54) is 0 Å². The SMILES string of the molecule is COCc1cccc(C(=O)NC(c2ccccc2)c2nccn2C)c1. The van der Waals surface area contributed by atoms with E-state index in [2.05, 4.69) is 10.3 Å². The van der Waals surface area contributed by atoms with Crippen molar-refractivity contribution < 1.29 is 9.53 Å². The quantitative estimate of drug-likeness (QED) is 0.753. The number of hydrogen-bond donors (Lipinski definition) is 1. The molecule has 0 radical (unpaired) electrons. The predicted octanol–water partition coefficient (Wildman–Crippen LogP) is 3.09. The molecule has 1 N–H and O–H groups in total. The van der Waals surface area contributed by atoms with Crippen molar-refractivity contribution in [3.05, 3.63) is 89.5 Å². The highest BCUT2D eigenvalue weighted by molar-refractivity contribution is 5.94. The number of benzene rings is 2. The first kappa shape index (κ1) is 16.9. The van der Waals surface area contributed by atoms with Crippen molar-refractivity contribution in [2.45, 2.75) is 12.6 Å². The van der Waals surface area contributed by atoms with Gasteiger partial charge < -0.3 is 14.6 Å². The van der Waals surface area contributed by atoms with Gasteiger partial charge in [0.05, 0.1) is 6.61 Å². The van der Waals surface area contributed by atoms with Gasteiger partial charge in [-0.05, 0) is 23.3 Å². The van der Waals surface area contributed by atoms with Gasteiger partial charge in [0, 0.05) is 32.1 Å². The average Bonchev–Trinajstić information content (AvgIpc) is 3.06. The fourth-order valence-electron chi connectivity index (χ4n) is 2.78. The Balaban J connectivity index is 1.89. The molecular weight excluding hydrogens is 314 g/mol. The van der Waals surface area contributed by atoms with Crippen LogP contribution in [0.4, 0.5) is 0 Å². The molecule has 0 fully saturated rings. The van der Waals surface area contributed by atoms with Crippen molar-refractivity contribution in [3.63, 3.8) is 0 Å². The molecule has 5 nitrogen and oxygen atoms in total. The number of nitrogens with zero attached hydrogens (tertiary/aromatic N) is 2. The first-order chi connectivity index (χ1) is 12.2. The Hall–Kier alpha value is -2.92. The van der Waals surface area contributed by atoms with Gasteiger partial charge >= 0.3 is 0 Å². The summed E-state index contributed by atoms with van der Waals surface area (Å²) >= 11 is 0. The Bertz CT molecular complexity index is 843. The zero-order chi connectivity index (χ0) is 17.6. The van der Waals surface area contributed by atoms with Crippen LogP contribution >= 0.6 is 0 Å². The van der Waals surface area contributed by atoms with E-state index in [0.717, 1.165) is 17.0 Å². The van der Waals surface area contributed by atoms with Crippen LogP contribution in [0.15, 0.2) is 67.0 Å². The molecule has 1 unspecified atom stereocenters. The fraction of sp³-hybridized carbons (Fsp3) is 0.200. The second kappa shape index (κ2) is 7.77. The average molecular weight is 335 g/mol. The summed E-state index contributed by atoms with van der Waals surface area (Å²) in [7, 11) is 3.56. The number of aromatic nitrogens is 2. The second-order valence-corrected chi connectivity index (χ2v) is 5.85. The Morgan fingerprint density at radius 2 is 2.00 bits per heavy atom. The number of rotatable bonds is 6. The molecule has 1 amide bonds. The topological polar surface area (TPSA) is 56.1 Å². The van der Waals surface area contributed by atoms with Crippen LogP contribution in [0, 0.1) is 0 Å². The normalized spacial score (nSPS) is 11.9. The minimum absolute atomic E-state index is 0.144. The van der Waals surface area contributed by atoms with E-state index in [-0.39, 0.29) is 11.9 Å². The summed E-state index contributed by atoms with van der Waals surface area (Å²) in [4.78, 5) is 17.2. The monoisotopic (exact) mass is 335 g/mol. The molecule has 3 aromatic rings. The van der Waals surface area contributed by atoms with E-state index in [9.17, 15) is 4.79 Å². The maximum atomic E-state index is 12.8. The molecule has 0 saturated carbocycles. The van der Waals surface area contributed by atoms with Gasteiger partial charge in [0.1, 0.15) is 11.9 Å². The van der Waals surface area contributed by atoms with Crippen molar-refractivity contribution in [2.24, 2.45) is 7.05 Å². The molecule has 3 rings (SSSR count). The van der Waals surface area contributed by atoms with Crippen LogP contribution in [0.25, 0.3) is 0 Å². The van der Waals surface area contributed by atoms with E-state index in [4.69, 9.17) is 4.74 Å². The third-order valence-electron chi connectivity index (χ3n) is 4.03. The van der Waals surface area contributed by atoms with Crippen LogP contribution < -0.4 is 5.32 Å². The summed E-state index contributed by atoms with van der Waals surface area (Å²) in [5, 5.41) is 3.10. The van der Waals surface area contributed by atoms with Crippen molar-refractivity contribution in [2.75, 3.05) is 7.11 Å². The number of ether oxygens (including phenoxy) is 1. The highest BCUT2D eigenvalue weighted by Gasteiger charge is 2.21. The van der Waals surface area contributed by atoms with Gasteiger partial charge in [-0.1, -0.05) is 42.5 Å². The highest BCUT2D eigenvalue weighted by atomic mass is 16.5. The number of hydrogen-bond acceptors (Lipinski definition) is 3. The number of carbonyl (C=O) groups is 1. The molecule has 25 heavy (non-hydrogen) atoms. The maximum absolute atomic E-state index is 12.8. The molecule has 1 heterocycles. The van der Waals surface area contributed by atoms with Crippen molar-refractivity contribution in [3.8, 4) is 0 Å². The molecule has 1 aromatic heterocycles. The van der Waals surface area contributed by atoms with Crippen LogP contribution in [0.2, 0.25) is 0 Å². The number of methoxy groups -OCH3 is 1. The highest BCUT2D eigenvalue weighted by Crippen LogP contribution is 2.21. The zero-order valence-corrected chi connectivity index (χ0v) is 14.3. The lowest BCUT2D eigenvalue weighted by atomic mass is 10.0. The Morgan fingerprint density at radius 1 is 1.20 bits per heavy atom. The standard InChI is InChI=1S/C20H21N3O2/c1-23-12-11-21-19(23)18(16-8-4-3-5-9-16)22-20(24)17-10-6-7-15(13-17)14-25-2/h3-13,18H,14H2,1-2H3,(H,22,24). The van der Waals surface area contributed by atoms with Gasteiger partial charge in [0.25, 0.3) is 5.91 Å². The van der Waals surface area contributed by atoms with Gasteiger partial charge in [0.2, 0.25) is 0 Å². The summed E-state index contributed by atoms with van der Waals surface area (Å²) < 4.78 is 7.06. The van der Waals surface area contributed by atoms with E-state index < -0.39 is 0 Å². The Kier molecular flexibility index (Phi) is 5.26. The first-order valence-electron chi connectivity index (χ1n) is 8.10. The lowest BCUT2D eigenvalue weighted by molar-refractivity contribution is 0.0941. The van der Waals surface area contributed by atoms with Gasteiger partial charge in [-0.2, -0.15) is 0 Å². The summed E-state index contributed by atoms with van der Waals surface area (Å²) in [6.07, 6.45) is 3.60. The summed E-state index contributed by atoms with van der Waals surface area (Å²) in [5.74, 6) is 0.641. The number of imidazole rings is 1. The van der Waals surface area contributed by atoms with E-state index in [0.29, 0.717) is 12.2 Å². The number of amides is 1. The summed E-state index contributed by atoms with van der Waals surface area (Å²) in [5.41, 5.74) is 2.55. The predicted molar refractivity (Wildman–Crippen MR) is 96.1 cm³/mol. The number of aryl methyl sites for hydroxylation is 1. The molecule has 0 aliphatic heterocycles. The van der Waals surface area contributed by atoms with E-state index in [1.54, 1.807) is 19.4 Å². The van der Waals surface area contributed by atoms with Crippen LogP contribution in [-0.4, -0.2) is 22.6 Å². The second-order valence-electron chi connectivity index (χ2n) is 5.85. The minimum Gasteiger partial charge on any atom is -0.380 e. The third kappa shape index (κ3) is 3.95. The lowest BCUT2D eigenvalue weighted by Crippen LogP contribution is -2.31. The molecular formula is C20H21N3O2. The third-order valence-corrected chi connectivity index (χ3v) is 4.03. The molecule has 5 heteroatoms. The fourth-order valence-corrected chi connectivity index (χ4v) is 2.78. The van der Waals surface area contributed by atoms with Crippen molar-refractivity contribution >= 4 is 5.91 Å². The molecule has 128 valence electrons. The van der Waals surface area contributed by atoms with E-state index in [1.807, 2.05) is 66.3 Å². The van der Waals surface area contributed by atoms with Crippen LogP contribution in [-0.2, 0) is 18.4 Å². The van der Waals surface area contributed by atoms with Gasteiger partial charge in [-0.25, -0.2) is 4.98 Å². The number of nitrogens with one attached hydrogen (secondary N) is 1. The van der Waals surface area contributed by atoms with Crippen molar-refractivity contribution in [1.29, 1.82) is 0 Å². The first-order valence-corrected chi connectivity index (χ1v) is 8.10. The molecule has 0 aliphatic rings. The minimum atomic E-state index is -0.320. The summed E-state index contributed by atoms with van der Waals surface area (Å²) in [6.45, 7) is 0.475. The smallest absolute Gasteiger partial charge is 0.252 e. The lowest BCUT2D eigenvalue weighted by Gasteiger charge is -2.19. The van der Waals surface area contributed by atoms with Crippen LogP contribution in [0.3, 0.4) is 0 Å². The van der Waals surface area contributed by atoms with Gasteiger partial charge in [-0.3, -0.25) is 4.79 Å². The van der Waals surface area contributed by atoms with Gasteiger partial charge in [-0.15, -0.1) is 0 Å². The molecule has 0 bridgehead atoms. The maximum Gasteiger partial charge on any atom is 0.252 e. The largest absolute Gasteiger partial charge is 0.380 e. The number of carbonyl (C=O) groups excluding carboxylic acids is 1. The molecule has 0 spiro atoms. The van der Waals surface area contributed by atoms with Gasteiger partial charge in [0.15, 0.2) is 0 Å². The molecule has 0 saturated heterocycles. The molecule has 0 aliphatic carbocycles. The Morgan fingerprint density at radius 3 is 2.68 bits per heavy atom. The van der Waals surface area contributed by atoms with E-state index >= 15 is 0 Å². The Labute approximate surface area is 147 Å². The molecule has 1 atom stereocenters. The van der Waals surface area contributed by atoms with Crippen LogP contribution in [0.1, 0.15) is 33.4 Å². The van der Waals surface area contributed by atoms with Crippen LogP contribution in [0.5, 0.6) is 0 Å². The zero-order valence-electron chi connectivity index (χ0n) is 14.3.